The number of amides is 1. The van der Waals surface area contributed by atoms with E-state index >= 15 is 0 Å². The van der Waals surface area contributed by atoms with E-state index in [0.29, 0.717) is 18.0 Å². The van der Waals surface area contributed by atoms with Crippen molar-refractivity contribution in [1.82, 2.24) is 9.97 Å². The van der Waals surface area contributed by atoms with Crippen molar-refractivity contribution >= 4 is 17.4 Å². The van der Waals surface area contributed by atoms with E-state index in [4.69, 9.17) is 10.5 Å². The smallest absolute Gasteiger partial charge is 0.276 e. The number of carbonyl (C=O) groups excluding carboxylic acids is 1. The number of anilines is 2. The molecule has 0 spiro atoms. The van der Waals surface area contributed by atoms with Gasteiger partial charge in [-0.1, -0.05) is 12.1 Å². The monoisotopic (exact) mass is 258 g/mol. The number of carbonyl (C=O) groups is 1. The van der Waals surface area contributed by atoms with E-state index < -0.39 is 0 Å². The number of ether oxygens (including phenoxy) is 1. The van der Waals surface area contributed by atoms with Gasteiger partial charge in [0.15, 0.2) is 0 Å². The molecule has 0 aliphatic rings. The lowest BCUT2D eigenvalue weighted by atomic mass is 10.3. The molecule has 0 radical (unpaired) electrons. The van der Waals surface area contributed by atoms with E-state index in [2.05, 4.69) is 15.3 Å². The minimum Gasteiger partial charge on any atom is -0.492 e. The fourth-order valence-corrected chi connectivity index (χ4v) is 1.53. The predicted octanol–water partition coefficient (Wildman–Crippen LogP) is 1.71. The molecule has 6 heteroatoms. The van der Waals surface area contributed by atoms with Crippen LogP contribution in [0.2, 0.25) is 0 Å². The highest BCUT2D eigenvalue weighted by molar-refractivity contribution is 6.03. The van der Waals surface area contributed by atoms with Crippen molar-refractivity contribution in [3.05, 3.63) is 42.4 Å². The topological polar surface area (TPSA) is 90.1 Å². The third-order valence-corrected chi connectivity index (χ3v) is 2.32. The number of nitrogens with zero attached hydrogens (tertiary/aromatic N) is 2. The Kier molecular flexibility index (Phi) is 3.92. The maximum Gasteiger partial charge on any atom is 0.276 e. The molecule has 19 heavy (non-hydrogen) atoms. The van der Waals surface area contributed by atoms with Crippen molar-refractivity contribution in [1.29, 1.82) is 0 Å². The van der Waals surface area contributed by atoms with Crippen molar-refractivity contribution in [2.24, 2.45) is 0 Å². The van der Waals surface area contributed by atoms with Gasteiger partial charge >= 0.3 is 0 Å². The molecule has 1 amide bonds. The Bertz CT molecular complexity index is 586. The number of aromatic nitrogens is 2. The SMILES string of the molecule is CCOc1ccccc1NC(=O)c1cncc(N)n1. The summed E-state index contributed by atoms with van der Waals surface area (Å²) in [6.07, 6.45) is 2.74. The summed E-state index contributed by atoms with van der Waals surface area (Å²) in [5.41, 5.74) is 6.23. The summed E-state index contributed by atoms with van der Waals surface area (Å²) in [7, 11) is 0. The first kappa shape index (κ1) is 12.8. The summed E-state index contributed by atoms with van der Waals surface area (Å²) in [5.74, 6) is 0.424. The molecular weight excluding hydrogens is 244 g/mol. The minimum atomic E-state index is -0.382. The van der Waals surface area contributed by atoms with Crippen LogP contribution in [0.25, 0.3) is 0 Å². The molecule has 0 unspecified atom stereocenters. The van der Waals surface area contributed by atoms with Crippen molar-refractivity contribution in [3.63, 3.8) is 0 Å². The lowest BCUT2D eigenvalue weighted by molar-refractivity contribution is 0.102. The Morgan fingerprint density at radius 2 is 2.16 bits per heavy atom. The summed E-state index contributed by atoms with van der Waals surface area (Å²) in [6, 6.07) is 7.18. The van der Waals surface area contributed by atoms with Gasteiger partial charge in [-0.3, -0.25) is 9.78 Å². The second-order valence-corrected chi connectivity index (χ2v) is 3.71. The Morgan fingerprint density at radius 3 is 2.89 bits per heavy atom. The van der Waals surface area contributed by atoms with E-state index in [-0.39, 0.29) is 17.4 Å². The van der Waals surface area contributed by atoms with Crippen molar-refractivity contribution in [2.45, 2.75) is 6.92 Å². The van der Waals surface area contributed by atoms with Gasteiger partial charge in [-0.2, -0.15) is 0 Å². The van der Waals surface area contributed by atoms with Gasteiger partial charge in [-0.15, -0.1) is 0 Å². The molecule has 98 valence electrons. The highest BCUT2D eigenvalue weighted by atomic mass is 16.5. The Morgan fingerprint density at radius 1 is 1.37 bits per heavy atom. The van der Waals surface area contributed by atoms with Crippen LogP contribution in [0.15, 0.2) is 36.7 Å². The molecule has 0 saturated heterocycles. The fourth-order valence-electron chi connectivity index (χ4n) is 1.53. The number of nitrogens with two attached hydrogens (primary N) is 1. The number of benzene rings is 1. The van der Waals surface area contributed by atoms with Gasteiger partial charge in [0.1, 0.15) is 17.3 Å². The second-order valence-electron chi connectivity index (χ2n) is 3.71. The minimum absolute atomic E-state index is 0.159. The lowest BCUT2D eigenvalue weighted by Gasteiger charge is -2.10. The van der Waals surface area contributed by atoms with E-state index in [1.54, 1.807) is 12.1 Å². The van der Waals surface area contributed by atoms with Gasteiger partial charge in [-0.25, -0.2) is 4.98 Å². The summed E-state index contributed by atoms with van der Waals surface area (Å²) < 4.78 is 5.42. The van der Waals surface area contributed by atoms with Crippen LogP contribution in [0.4, 0.5) is 11.5 Å². The van der Waals surface area contributed by atoms with Crippen LogP contribution < -0.4 is 15.8 Å². The van der Waals surface area contributed by atoms with Gasteiger partial charge in [0.05, 0.1) is 24.7 Å². The largest absolute Gasteiger partial charge is 0.492 e. The number of hydrogen-bond acceptors (Lipinski definition) is 5. The third-order valence-electron chi connectivity index (χ3n) is 2.32. The number of hydrogen-bond donors (Lipinski definition) is 2. The second kappa shape index (κ2) is 5.81. The van der Waals surface area contributed by atoms with E-state index in [1.165, 1.54) is 12.4 Å². The molecule has 0 bridgehead atoms. The van der Waals surface area contributed by atoms with Gasteiger partial charge in [-0.05, 0) is 19.1 Å². The van der Waals surface area contributed by atoms with Gasteiger partial charge < -0.3 is 15.8 Å². The van der Waals surface area contributed by atoms with Crippen LogP contribution >= 0.6 is 0 Å². The van der Waals surface area contributed by atoms with Crippen LogP contribution in [-0.2, 0) is 0 Å². The molecule has 1 aromatic heterocycles. The zero-order valence-corrected chi connectivity index (χ0v) is 10.5. The molecule has 2 rings (SSSR count). The number of nitrogen functional groups attached to an aromatic ring is 1. The summed E-state index contributed by atoms with van der Waals surface area (Å²) in [5, 5.41) is 2.72. The first-order chi connectivity index (χ1) is 9.20. The standard InChI is InChI=1S/C13H14N4O2/c1-2-19-11-6-4-3-5-9(11)17-13(18)10-7-15-8-12(14)16-10/h3-8H,2H2,1H3,(H2,14,16)(H,17,18). The Balaban J connectivity index is 2.19. The number of para-hydroxylation sites is 2. The van der Waals surface area contributed by atoms with Gasteiger partial charge in [0.2, 0.25) is 0 Å². The van der Waals surface area contributed by atoms with Crippen LogP contribution in [0.3, 0.4) is 0 Å². The van der Waals surface area contributed by atoms with E-state index in [0.717, 1.165) is 0 Å². The average molecular weight is 258 g/mol. The number of nitrogens with one attached hydrogen (secondary N) is 1. The Labute approximate surface area is 110 Å². The lowest BCUT2D eigenvalue weighted by Crippen LogP contribution is -2.15. The van der Waals surface area contributed by atoms with Gasteiger partial charge in [0.25, 0.3) is 5.91 Å². The molecule has 0 saturated carbocycles. The quantitative estimate of drug-likeness (QED) is 0.871. The number of rotatable bonds is 4. The summed E-state index contributed by atoms with van der Waals surface area (Å²) in [4.78, 5) is 19.7. The Hall–Kier alpha value is -2.63. The van der Waals surface area contributed by atoms with E-state index in [9.17, 15) is 4.79 Å². The van der Waals surface area contributed by atoms with Gasteiger partial charge in [0, 0.05) is 0 Å². The van der Waals surface area contributed by atoms with Crippen molar-refractivity contribution in [3.8, 4) is 5.75 Å². The molecule has 1 heterocycles. The van der Waals surface area contributed by atoms with Crippen LogP contribution in [0.1, 0.15) is 17.4 Å². The fraction of sp³-hybridized carbons (Fsp3) is 0.154. The molecule has 0 atom stereocenters. The first-order valence-corrected chi connectivity index (χ1v) is 5.81. The summed E-state index contributed by atoms with van der Waals surface area (Å²) >= 11 is 0. The van der Waals surface area contributed by atoms with Crippen LogP contribution in [0.5, 0.6) is 5.75 Å². The molecule has 2 aromatic rings. The maximum atomic E-state index is 12.0. The predicted molar refractivity (Wildman–Crippen MR) is 72.0 cm³/mol. The third kappa shape index (κ3) is 3.19. The first-order valence-electron chi connectivity index (χ1n) is 5.81. The normalized spacial score (nSPS) is 9.95. The molecule has 0 aliphatic heterocycles. The maximum absolute atomic E-state index is 12.0. The average Bonchev–Trinajstić information content (AvgIpc) is 2.41. The highest BCUT2D eigenvalue weighted by Crippen LogP contribution is 2.24. The van der Waals surface area contributed by atoms with Crippen molar-refractivity contribution in [2.75, 3.05) is 17.7 Å². The molecule has 6 nitrogen and oxygen atoms in total. The molecule has 3 N–H and O–H groups in total. The van der Waals surface area contributed by atoms with Crippen molar-refractivity contribution < 1.29 is 9.53 Å². The zero-order valence-electron chi connectivity index (χ0n) is 10.5. The molecule has 0 fully saturated rings. The van der Waals surface area contributed by atoms with Crippen LogP contribution in [-0.4, -0.2) is 22.5 Å². The zero-order chi connectivity index (χ0) is 13.7. The highest BCUT2D eigenvalue weighted by Gasteiger charge is 2.11. The van der Waals surface area contributed by atoms with E-state index in [1.807, 2.05) is 19.1 Å². The van der Waals surface area contributed by atoms with Crippen LogP contribution in [0, 0.1) is 0 Å². The molecule has 1 aromatic carbocycles. The molecular formula is C13H14N4O2. The summed E-state index contributed by atoms with van der Waals surface area (Å²) in [6.45, 7) is 2.40. The molecule has 0 aliphatic carbocycles.